The molecule has 0 saturated carbocycles. The van der Waals surface area contributed by atoms with Crippen LogP contribution >= 0.6 is 0 Å². The third-order valence-corrected chi connectivity index (χ3v) is 30.8. The van der Waals surface area contributed by atoms with Gasteiger partial charge in [0.05, 0.1) is 50.2 Å². The van der Waals surface area contributed by atoms with E-state index >= 15 is 0 Å². The van der Waals surface area contributed by atoms with E-state index in [1.54, 1.807) is 0 Å². The van der Waals surface area contributed by atoms with Gasteiger partial charge in [-0.1, -0.05) is 367 Å². The molecule has 2 aliphatic carbocycles. The zero-order chi connectivity index (χ0) is 99.6. The average molecular weight is 1920 g/mol. The van der Waals surface area contributed by atoms with Crippen molar-refractivity contribution in [3.63, 3.8) is 0 Å². The van der Waals surface area contributed by atoms with Gasteiger partial charge in [-0.05, 0) is 205 Å². The highest BCUT2D eigenvalue weighted by molar-refractivity contribution is 6.16. The third-order valence-electron chi connectivity index (χ3n) is 30.8. The van der Waals surface area contributed by atoms with Crippen LogP contribution in [-0.4, -0.2) is 48.6 Å². The van der Waals surface area contributed by atoms with Crippen LogP contribution in [0.15, 0.2) is 486 Å². The molecule has 0 N–H and O–H groups in total. The van der Waals surface area contributed by atoms with Crippen LogP contribution in [0.5, 0.6) is 0 Å². The second-order valence-electron chi connectivity index (χ2n) is 40.2. The van der Waals surface area contributed by atoms with E-state index in [0.29, 0.717) is 29.4 Å². The third kappa shape index (κ3) is 14.4. The molecule has 2 aliphatic rings. The molecular formula is C137H90N10O3. The lowest BCUT2D eigenvalue weighted by molar-refractivity contribution is 0.660. The van der Waals surface area contributed by atoms with Gasteiger partial charge >= 0.3 is 0 Å². The molecule has 0 bridgehead atoms. The van der Waals surface area contributed by atoms with Gasteiger partial charge in [-0.15, -0.1) is 0 Å². The SMILES string of the molecule is CC1(C)c2ccccc2-c2ccc(-c3cc(-c4ccc5c(c4)C(C)(C)c4ccccc4-5)nc(-n4c5ccccc5c5cc(-c6ccc7oc8ccccc8c7c6)ccc54)n3)cc21.c1ccc(-c2cc(-n3c4ccccc4c4cc(-c5ccc6oc7ccccc7c6c5)ccc43)nc(-c3ccccc3)n2)cc1.c1ccc(-c2nc(-c3ccccc3)nc(-n3c4ccccc4c4cc(-c5ccc6oc7ccccc7c6c5)ccc43)n2)cc1. The number of para-hydroxylation sites is 6. The Morgan fingerprint density at radius 3 is 0.847 bits per heavy atom. The van der Waals surface area contributed by atoms with E-state index in [9.17, 15) is 0 Å². The quantitative estimate of drug-likeness (QED) is 0.116. The van der Waals surface area contributed by atoms with Gasteiger partial charge in [0.15, 0.2) is 17.5 Å². The zero-order valence-corrected chi connectivity index (χ0v) is 82.2. The number of hydrogen-bond acceptors (Lipinski definition) is 10. The minimum absolute atomic E-state index is 0.138. The summed E-state index contributed by atoms with van der Waals surface area (Å²) in [6.07, 6.45) is 0. The minimum atomic E-state index is -0.138. The number of furan rings is 3. The normalized spacial score (nSPS) is 12.8. The maximum absolute atomic E-state index is 6.18. The summed E-state index contributed by atoms with van der Waals surface area (Å²) in [5.41, 5.74) is 37.8. The molecule has 0 atom stereocenters. The molecule has 0 amide bonds. The predicted molar refractivity (Wildman–Crippen MR) is 613 cm³/mol. The topological polar surface area (TPSA) is 144 Å². The highest BCUT2D eigenvalue weighted by Gasteiger charge is 2.38. The molecule has 9 heterocycles. The molecule has 0 unspecified atom stereocenters. The van der Waals surface area contributed by atoms with Gasteiger partial charge in [0.2, 0.25) is 11.9 Å². The molecule has 20 aromatic carbocycles. The first-order valence-corrected chi connectivity index (χ1v) is 50.9. The van der Waals surface area contributed by atoms with E-state index in [0.717, 1.165) is 210 Å². The summed E-state index contributed by atoms with van der Waals surface area (Å²) in [6, 6.07) is 166. The van der Waals surface area contributed by atoms with Crippen LogP contribution in [0.2, 0.25) is 0 Å². The van der Waals surface area contributed by atoms with Crippen molar-refractivity contribution in [2.75, 3.05) is 0 Å². The van der Waals surface area contributed by atoms with Crippen LogP contribution in [0.3, 0.4) is 0 Å². The molecule has 0 spiro atoms. The molecular weight excluding hydrogens is 1830 g/mol. The van der Waals surface area contributed by atoms with Crippen molar-refractivity contribution in [2.45, 2.75) is 38.5 Å². The highest BCUT2D eigenvalue weighted by Crippen LogP contribution is 2.53. The van der Waals surface area contributed by atoms with E-state index < -0.39 is 0 Å². The Bertz CT molecular complexity index is 9980. The van der Waals surface area contributed by atoms with Crippen molar-refractivity contribution in [2.24, 2.45) is 0 Å². The molecule has 29 aromatic rings. The first kappa shape index (κ1) is 87.0. The van der Waals surface area contributed by atoms with Crippen LogP contribution in [-0.2, 0) is 10.8 Å². The summed E-state index contributed by atoms with van der Waals surface area (Å²) in [6.45, 7) is 9.35. The van der Waals surface area contributed by atoms with Gasteiger partial charge in [-0.2, -0.15) is 9.97 Å². The number of fused-ring (bicyclic) bond motifs is 24. The standard InChI is InChI=1S/C58H41N3O.C40H25N3O.C39H24N4O/c1-57(2)46-17-9-5-13-38(46)40-25-21-36(31-48(40)57)50-33-51(37-22-26-41-39-14-6-10-18-47(39)58(3,4)49(41)32-37)60-56(59-50)61-52-19-11-7-15-42(52)44-29-34(23-27-53(44)61)35-24-28-55-45(30-35)43-16-8-12-20-54(43)62-55;1-3-11-26(12-4-1)34-25-39(42-40(41-34)27-13-5-2-6-14-27)43-35-17-9-7-15-30(35)32-23-28(19-21-36(32)43)29-20-22-38-33(24-29)31-16-8-10-18-37(31)44-38;1-3-11-25(12-4-1)37-40-38(26-13-5-2-6-14-26)42-39(41-37)43-33-17-9-7-15-29(33)31-23-27(19-21-34(31)43)28-20-22-36-32(24-28)30-16-8-10-18-35(30)44-36/h5-33H,1-4H3;1-25H;1-24H. The molecule has 706 valence electrons. The number of benzene rings is 20. The Kier molecular flexibility index (Phi) is 20.0. The molecule has 9 aromatic heterocycles. The monoisotopic (exact) mass is 1920 g/mol. The van der Waals surface area contributed by atoms with E-state index in [1.807, 2.05) is 133 Å². The van der Waals surface area contributed by atoms with Crippen molar-refractivity contribution in [1.82, 2.24) is 48.6 Å². The Balaban J connectivity index is 0.000000108. The van der Waals surface area contributed by atoms with Gasteiger partial charge in [0.1, 0.15) is 39.3 Å². The lowest BCUT2D eigenvalue weighted by Crippen LogP contribution is -2.15. The molecule has 0 radical (unpaired) electrons. The van der Waals surface area contributed by atoms with E-state index in [4.69, 9.17) is 48.1 Å². The van der Waals surface area contributed by atoms with Crippen LogP contribution in [0.25, 0.3) is 273 Å². The number of rotatable bonds is 12. The van der Waals surface area contributed by atoms with E-state index in [-0.39, 0.29) is 10.8 Å². The number of nitrogens with zero attached hydrogens (tertiary/aromatic N) is 10. The van der Waals surface area contributed by atoms with Crippen LogP contribution in [0, 0.1) is 0 Å². The fraction of sp³-hybridized carbons (Fsp3) is 0.0438. The summed E-state index contributed by atoms with van der Waals surface area (Å²) in [5.74, 6) is 4.04. The fourth-order valence-corrected chi connectivity index (χ4v) is 23.3. The summed E-state index contributed by atoms with van der Waals surface area (Å²) >= 11 is 0. The van der Waals surface area contributed by atoms with Gasteiger partial charge in [0.25, 0.3) is 0 Å². The van der Waals surface area contributed by atoms with Crippen molar-refractivity contribution in [1.29, 1.82) is 0 Å². The maximum atomic E-state index is 6.18. The maximum Gasteiger partial charge on any atom is 0.238 e. The number of aromatic nitrogens is 10. The fourth-order valence-electron chi connectivity index (χ4n) is 23.3. The lowest BCUT2D eigenvalue weighted by atomic mass is 9.81. The minimum Gasteiger partial charge on any atom is -0.456 e. The van der Waals surface area contributed by atoms with Gasteiger partial charge in [0, 0.05) is 115 Å². The van der Waals surface area contributed by atoms with Crippen molar-refractivity contribution < 1.29 is 13.3 Å². The Morgan fingerprint density at radius 2 is 0.447 bits per heavy atom. The van der Waals surface area contributed by atoms with Crippen LogP contribution in [0.1, 0.15) is 49.9 Å². The van der Waals surface area contributed by atoms with Gasteiger partial charge < -0.3 is 13.3 Å². The Morgan fingerprint density at radius 1 is 0.167 bits per heavy atom. The second kappa shape index (κ2) is 34.6. The predicted octanol–water partition coefficient (Wildman–Crippen LogP) is 35.4. The Hall–Kier alpha value is -19.6. The molecule has 0 fully saturated rings. The smallest absolute Gasteiger partial charge is 0.238 e. The molecule has 0 saturated heterocycles. The van der Waals surface area contributed by atoms with Gasteiger partial charge in [-0.25, -0.2) is 24.9 Å². The highest BCUT2D eigenvalue weighted by atomic mass is 16.3. The van der Waals surface area contributed by atoms with Crippen molar-refractivity contribution in [3.05, 3.63) is 495 Å². The zero-order valence-electron chi connectivity index (χ0n) is 82.2. The molecule has 13 nitrogen and oxygen atoms in total. The molecule has 150 heavy (non-hydrogen) atoms. The summed E-state index contributed by atoms with van der Waals surface area (Å²) in [5, 5.41) is 13.7. The van der Waals surface area contributed by atoms with E-state index in [2.05, 4.69) is 381 Å². The largest absolute Gasteiger partial charge is 0.456 e. The molecule has 0 aliphatic heterocycles. The van der Waals surface area contributed by atoms with Gasteiger partial charge in [-0.3, -0.25) is 13.7 Å². The van der Waals surface area contributed by atoms with Crippen molar-refractivity contribution >= 4 is 131 Å². The first-order chi connectivity index (χ1) is 73.8. The lowest BCUT2D eigenvalue weighted by Gasteiger charge is -2.22. The average Bonchev–Trinajstić information content (AvgIpc) is 1.57. The van der Waals surface area contributed by atoms with E-state index in [1.165, 1.54) is 55.3 Å². The molecule has 31 rings (SSSR count). The Labute approximate surface area is 862 Å². The van der Waals surface area contributed by atoms with Crippen LogP contribution in [0.4, 0.5) is 0 Å². The summed E-state index contributed by atoms with van der Waals surface area (Å²) in [7, 11) is 0. The molecule has 13 heteroatoms. The summed E-state index contributed by atoms with van der Waals surface area (Å²) in [4.78, 5) is 36.1. The number of hydrogen-bond donors (Lipinski definition) is 0. The van der Waals surface area contributed by atoms with Crippen molar-refractivity contribution in [3.8, 4) is 141 Å². The summed E-state index contributed by atoms with van der Waals surface area (Å²) < 4.78 is 25.0. The van der Waals surface area contributed by atoms with Crippen LogP contribution < -0.4 is 0 Å². The second-order valence-corrected chi connectivity index (χ2v) is 40.2. The first-order valence-electron chi connectivity index (χ1n) is 50.9.